The van der Waals surface area contributed by atoms with Gasteiger partial charge in [-0.3, -0.25) is 14.5 Å². The van der Waals surface area contributed by atoms with E-state index in [-0.39, 0.29) is 23.1 Å². The van der Waals surface area contributed by atoms with Crippen molar-refractivity contribution in [1.29, 1.82) is 0 Å². The average molecular weight is 406 g/mol. The van der Waals surface area contributed by atoms with E-state index in [0.717, 1.165) is 24.2 Å². The smallest absolute Gasteiger partial charge is 0.237 e. The highest BCUT2D eigenvalue weighted by molar-refractivity contribution is 8.02. The van der Waals surface area contributed by atoms with Crippen LogP contribution in [0.3, 0.4) is 0 Å². The fourth-order valence-electron chi connectivity index (χ4n) is 2.52. The Labute approximate surface area is 167 Å². The van der Waals surface area contributed by atoms with E-state index in [1.54, 1.807) is 11.8 Å². The number of hydrogen-bond acceptors (Lipinski definition) is 7. The summed E-state index contributed by atoms with van der Waals surface area (Å²) in [6.45, 7) is 3.38. The van der Waals surface area contributed by atoms with Gasteiger partial charge in [0.15, 0.2) is 4.34 Å². The van der Waals surface area contributed by atoms with Gasteiger partial charge in [-0.05, 0) is 44.0 Å². The molecule has 1 aliphatic carbocycles. The highest BCUT2D eigenvalue weighted by atomic mass is 32.2. The highest BCUT2D eigenvalue weighted by Gasteiger charge is 2.34. The van der Waals surface area contributed by atoms with Crippen molar-refractivity contribution < 1.29 is 9.59 Å². The molecule has 0 saturated heterocycles. The zero-order chi connectivity index (χ0) is 19.6. The number of hydrogen-bond donors (Lipinski definition) is 1. The SMILES string of the molecule is CC(=O)N(c1nnc(S[C@@H](C)C(=O)Nc2ccc(N(C)C)cc2)s1)C1CC1. The summed E-state index contributed by atoms with van der Waals surface area (Å²) in [7, 11) is 3.94. The number of thioether (sulfide) groups is 1. The maximum Gasteiger partial charge on any atom is 0.237 e. The Morgan fingerprint density at radius 1 is 1.22 bits per heavy atom. The molecule has 27 heavy (non-hydrogen) atoms. The molecule has 1 N–H and O–H groups in total. The zero-order valence-electron chi connectivity index (χ0n) is 15.8. The lowest BCUT2D eigenvalue weighted by Gasteiger charge is -2.15. The van der Waals surface area contributed by atoms with Crippen molar-refractivity contribution in [3.63, 3.8) is 0 Å². The second-order valence-corrected chi connectivity index (χ2v) is 9.21. The molecule has 3 rings (SSSR count). The standard InChI is InChI=1S/C18H23N5O2S2/c1-11(16(25)19-13-5-7-14(8-6-13)22(3)4)26-18-21-20-17(27-18)23(12(2)24)15-9-10-15/h5-8,11,15H,9-10H2,1-4H3,(H,19,25)/t11-/m0/s1. The molecule has 1 aromatic carbocycles. The lowest BCUT2D eigenvalue weighted by molar-refractivity contribution is -0.117. The Morgan fingerprint density at radius 2 is 1.89 bits per heavy atom. The van der Waals surface area contributed by atoms with Crippen molar-refractivity contribution >= 4 is 51.4 Å². The Morgan fingerprint density at radius 3 is 2.44 bits per heavy atom. The van der Waals surface area contributed by atoms with Gasteiger partial charge >= 0.3 is 0 Å². The molecule has 144 valence electrons. The first kappa shape index (κ1) is 19.6. The van der Waals surface area contributed by atoms with Gasteiger partial charge in [-0.15, -0.1) is 10.2 Å². The summed E-state index contributed by atoms with van der Waals surface area (Å²) in [5.74, 6) is -0.114. The number of nitrogens with zero attached hydrogens (tertiary/aromatic N) is 4. The van der Waals surface area contributed by atoms with Crippen LogP contribution in [0, 0.1) is 0 Å². The molecule has 2 amide bonds. The molecule has 0 unspecified atom stereocenters. The maximum absolute atomic E-state index is 12.5. The number of rotatable bonds is 7. The summed E-state index contributed by atoms with van der Waals surface area (Å²) in [4.78, 5) is 28.0. The molecule has 9 heteroatoms. The summed E-state index contributed by atoms with van der Waals surface area (Å²) in [5, 5.41) is 11.5. The van der Waals surface area contributed by atoms with E-state index >= 15 is 0 Å². The van der Waals surface area contributed by atoms with E-state index in [1.165, 1.54) is 23.1 Å². The van der Waals surface area contributed by atoms with Gasteiger partial charge in [0.2, 0.25) is 16.9 Å². The minimum absolute atomic E-state index is 0.0165. The van der Waals surface area contributed by atoms with Crippen LogP contribution < -0.4 is 15.1 Å². The third kappa shape index (κ3) is 4.98. The van der Waals surface area contributed by atoms with Crippen LogP contribution in [-0.2, 0) is 9.59 Å². The molecule has 1 aliphatic rings. The van der Waals surface area contributed by atoms with Crippen molar-refractivity contribution in [2.75, 3.05) is 29.2 Å². The second-order valence-electron chi connectivity index (χ2n) is 6.66. The Bertz CT molecular complexity index is 817. The van der Waals surface area contributed by atoms with Gasteiger partial charge < -0.3 is 10.2 Å². The molecular formula is C18H23N5O2S2. The van der Waals surface area contributed by atoms with E-state index in [2.05, 4.69) is 15.5 Å². The predicted molar refractivity (Wildman–Crippen MR) is 111 cm³/mol. The van der Waals surface area contributed by atoms with Crippen LogP contribution in [0.1, 0.15) is 26.7 Å². The molecule has 1 atom stereocenters. The molecule has 1 saturated carbocycles. The summed E-state index contributed by atoms with van der Waals surface area (Å²) >= 11 is 2.70. The van der Waals surface area contributed by atoms with E-state index in [1.807, 2.05) is 50.2 Å². The van der Waals surface area contributed by atoms with Crippen LogP contribution in [0.4, 0.5) is 16.5 Å². The number of carbonyl (C=O) groups excluding carboxylic acids is 2. The number of nitrogens with one attached hydrogen (secondary N) is 1. The molecule has 2 aromatic rings. The summed E-state index contributed by atoms with van der Waals surface area (Å²) < 4.78 is 0.683. The highest BCUT2D eigenvalue weighted by Crippen LogP contribution is 2.36. The van der Waals surface area contributed by atoms with Crippen LogP contribution in [-0.4, -0.2) is 47.4 Å². The van der Waals surface area contributed by atoms with Crippen LogP contribution in [0.15, 0.2) is 28.6 Å². The number of carbonyl (C=O) groups is 2. The van der Waals surface area contributed by atoms with E-state index in [0.29, 0.717) is 9.47 Å². The minimum atomic E-state index is -0.328. The molecule has 0 bridgehead atoms. The van der Waals surface area contributed by atoms with Crippen LogP contribution >= 0.6 is 23.1 Å². The largest absolute Gasteiger partial charge is 0.378 e. The van der Waals surface area contributed by atoms with E-state index in [4.69, 9.17) is 0 Å². The Kier molecular flexibility index (Phi) is 6.01. The van der Waals surface area contributed by atoms with Gasteiger partial charge in [0.25, 0.3) is 0 Å². The van der Waals surface area contributed by atoms with Gasteiger partial charge in [-0.1, -0.05) is 23.1 Å². The molecular weight excluding hydrogens is 382 g/mol. The molecule has 7 nitrogen and oxygen atoms in total. The van der Waals surface area contributed by atoms with Crippen molar-refractivity contribution in [2.45, 2.75) is 42.3 Å². The molecule has 0 spiro atoms. The van der Waals surface area contributed by atoms with Crippen molar-refractivity contribution in [3.8, 4) is 0 Å². The van der Waals surface area contributed by atoms with Crippen molar-refractivity contribution in [3.05, 3.63) is 24.3 Å². The van der Waals surface area contributed by atoms with E-state index < -0.39 is 0 Å². The third-order valence-electron chi connectivity index (χ3n) is 4.15. The first-order valence-electron chi connectivity index (χ1n) is 8.73. The topological polar surface area (TPSA) is 78.4 Å². The monoisotopic (exact) mass is 405 g/mol. The predicted octanol–water partition coefficient (Wildman–Crippen LogP) is 3.24. The lowest BCUT2D eigenvalue weighted by atomic mass is 10.2. The second kappa shape index (κ2) is 8.26. The number of anilines is 3. The summed E-state index contributed by atoms with van der Waals surface area (Å²) in [5.41, 5.74) is 1.83. The van der Waals surface area contributed by atoms with Crippen LogP contribution in [0.25, 0.3) is 0 Å². The molecule has 1 fully saturated rings. The number of benzene rings is 1. The third-order valence-corrected chi connectivity index (χ3v) is 6.26. The molecule has 1 aromatic heterocycles. The fourth-order valence-corrected chi connectivity index (χ4v) is 4.62. The molecule has 1 heterocycles. The summed E-state index contributed by atoms with van der Waals surface area (Å²) in [6.07, 6.45) is 2.01. The normalized spacial score (nSPS) is 14.5. The molecule has 0 radical (unpaired) electrons. The Hall–Kier alpha value is -2.13. The maximum atomic E-state index is 12.5. The first-order valence-corrected chi connectivity index (χ1v) is 10.4. The number of amides is 2. The van der Waals surface area contributed by atoms with Crippen molar-refractivity contribution in [2.24, 2.45) is 0 Å². The Balaban J connectivity index is 1.59. The van der Waals surface area contributed by atoms with Crippen molar-refractivity contribution in [1.82, 2.24) is 10.2 Å². The van der Waals surface area contributed by atoms with Gasteiger partial charge in [0.05, 0.1) is 5.25 Å². The van der Waals surface area contributed by atoms with Gasteiger partial charge in [0.1, 0.15) is 0 Å². The minimum Gasteiger partial charge on any atom is -0.378 e. The van der Waals surface area contributed by atoms with E-state index in [9.17, 15) is 9.59 Å². The fraction of sp³-hybridized carbons (Fsp3) is 0.444. The van der Waals surface area contributed by atoms with Gasteiger partial charge in [-0.25, -0.2) is 0 Å². The molecule has 0 aliphatic heterocycles. The quantitative estimate of drug-likeness (QED) is 0.563. The van der Waals surface area contributed by atoms with Gasteiger partial charge in [-0.2, -0.15) is 0 Å². The number of aromatic nitrogens is 2. The van der Waals surface area contributed by atoms with Gasteiger partial charge in [0, 0.05) is 38.4 Å². The average Bonchev–Trinajstić information content (AvgIpc) is 3.34. The zero-order valence-corrected chi connectivity index (χ0v) is 17.4. The van der Waals surface area contributed by atoms with Crippen LogP contribution in [0.2, 0.25) is 0 Å². The first-order chi connectivity index (χ1) is 12.8. The lowest BCUT2D eigenvalue weighted by Crippen LogP contribution is -2.30. The summed E-state index contributed by atoms with van der Waals surface area (Å²) in [6, 6.07) is 7.93. The van der Waals surface area contributed by atoms with Crippen LogP contribution in [0.5, 0.6) is 0 Å².